The van der Waals surface area contributed by atoms with Gasteiger partial charge in [-0.3, -0.25) is 0 Å². The molecule has 1 aliphatic carbocycles. The number of aryl methyl sites for hydroxylation is 1. The predicted octanol–water partition coefficient (Wildman–Crippen LogP) is 3.01. The summed E-state index contributed by atoms with van der Waals surface area (Å²) in [6.07, 6.45) is 2.91. The van der Waals surface area contributed by atoms with Crippen LogP contribution in [0.25, 0.3) is 11.4 Å². The van der Waals surface area contributed by atoms with Gasteiger partial charge < -0.3 is 5.73 Å². The van der Waals surface area contributed by atoms with Crippen LogP contribution in [0, 0.1) is 5.82 Å². The van der Waals surface area contributed by atoms with Crippen molar-refractivity contribution in [2.45, 2.75) is 19.3 Å². The molecule has 0 bridgehead atoms. The fourth-order valence-corrected chi connectivity index (χ4v) is 2.41. The molecule has 0 amide bonds. The first kappa shape index (κ1) is 11.4. The summed E-state index contributed by atoms with van der Waals surface area (Å²) in [5.74, 6) is 0.581. The summed E-state index contributed by atoms with van der Waals surface area (Å²) in [6, 6.07) is 4.44. The fraction of sp³-hybridized carbons (Fsp3) is 0.231. The molecule has 0 radical (unpaired) electrons. The minimum Gasteiger partial charge on any atom is -0.383 e. The van der Waals surface area contributed by atoms with E-state index in [4.69, 9.17) is 17.3 Å². The first-order chi connectivity index (χ1) is 8.65. The van der Waals surface area contributed by atoms with Gasteiger partial charge in [0.2, 0.25) is 0 Å². The Morgan fingerprint density at radius 1 is 1.22 bits per heavy atom. The lowest BCUT2D eigenvalue weighted by atomic mass is 10.2. The molecule has 92 valence electrons. The van der Waals surface area contributed by atoms with Crippen molar-refractivity contribution < 1.29 is 4.39 Å². The van der Waals surface area contributed by atoms with Crippen LogP contribution in [0.5, 0.6) is 0 Å². The van der Waals surface area contributed by atoms with Gasteiger partial charge >= 0.3 is 0 Å². The van der Waals surface area contributed by atoms with Crippen molar-refractivity contribution in [2.75, 3.05) is 5.73 Å². The van der Waals surface area contributed by atoms with E-state index in [1.165, 1.54) is 12.1 Å². The van der Waals surface area contributed by atoms with Crippen LogP contribution in [0.3, 0.4) is 0 Å². The number of nitrogens with zero attached hydrogens (tertiary/aromatic N) is 2. The van der Waals surface area contributed by atoms with Gasteiger partial charge in [0.25, 0.3) is 0 Å². The molecule has 1 aromatic carbocycles. The molecule has 1 heterocycles. The zero-order valence-electron chi connectivity index (χ0n) is 9.58. The lowest BCUT2D eigenvalue weighted by Gasteiger charge is -2.07. The van der Waals surface area contributed by atoms with E-state index in [2.05, 4.69) is 9.97 Å². The molecule has 3 rings (SSSR count). The van der Waals surface area contributed by atoms with Gasteiger partial charge in [-0.2, -0.15) is 0 Å². The highest BCUT2D eigenvalue weighted by Gasteiger charge is 2.18. The molecule has 0 atom stereocenters. The Morgan fingerprint density at radius 3 is 2.83 bits per heavy atom. The van der Waals surface area contributed by atoms with Gasteiger partial charge in [-0.05, 0) is 37.5 Å². The van der Waals surface area contributed by atoms with E-state index in [0.29, 0.717) is 17.2 Å². The molecule has 5 heteroatoms. The predicted molar refractivity (Wildman–Crippen MR) is 68.9 cm³/mol. The molecule has 0 fully saturated rings. The average Bonchev–Trinajstić information content (AvgIpc) is 2.81. The van der Waals surface area contributed by atoms with Crippen molar-refractivity contribution in [2.24, 2.45) is 0 Å². The largest absolute Gasteiger partial charge is 0.383 e. The third kappa shape index (κ3) is 1.82. The quantitative estimate of drug-likeness (QED) is 0.860. The van der Waals surface area contributed by atoms with Crippen LogP contribution < -0.4 is 5.73 Å². The molecule has 0 spiro atoms. The smallest absolute Gasteiger partial charge is 0.161 e. The minimum atomic E-state index is -0.449. The molecule has 3 nitrogen and oxygen atoms in total. The molecule has 0 saturated heterocycles. The van der Waals surface area contributed by atoms with Crippen molar-refractivity contribution in [3.8, 4) is 11.4 Å². The van der Waals surface area contributed by atoms with E-state index in [1.54, 1.807) is 6.07 Å². The van der Waals surface area contributed by atoms with Gasteiger partial charge in [0.1, 0.15) is 11.6 Å². The minimum absolute atomic E-state index is 0.0650. The highest BCUT2D eigenvalue weighted by Crippen LogP contribution is 2.28. The van der Waals surface area contributed by atoms with E-state index in [-0.39, 0.29) is 5.02 Å². The third-order valence-electron chi connectivity index (χ3n) is 3.14. The van der Waals surface area contributed by atoms with Gasteiger partial charge in [-0.25, -0.2) is 14.4 Å². The Hall–Kier alpha value is -1.68. The molecular weight excluding hydrogens is 253 g/mol. The number of aromatic nitrogens is 2. The molecule has 0 unspecified atom stereocenters. The second-order valence-corrected chi connectivity index (χ2v) is 4.75. The lowest BCUT2D eigenvalue weighted by Crippen LogP contribution is -2.02. The van der Waals surface area contributed by atoms with E-state index >= 15 is 0 Å². The summed E-state index contributed by atoms with van der Waals surface area (Å²) in [5.41, 5.74) is 8.65. The molecule has 0 saturated carbocycles. The summed E-state index contributed by atoms with van der Waals surface area (Å²) >= 11 is 5.76. The Balaban J connectivity index is 2.12. The summed E-state index contributed by atoms with van der Waals surface area (Å²) in [5, 5.41) is 0.0650. The molecular formula is C13H11ClFN3. The molecule has 2 N–H and O–H groups in total. The number of halogens is 2. The summed E-state index contributed by atoms with van der Waals surface area (Å²) in [4.78, 5) is 8.75. The highest BCUT2D eigenvalue weighted by molar-refractivity contribution is 6.31. The van der Waals surface area contributed by atoms with E-state index in [9.17, 15) is 4.39 Å². The van der Waals surface area contributed by atoms with Crippen LogP contribution in [-0.2, 0) is 12.8 Å². The molecule has 1 aromatic heterocycles. The second kappa shape index (κ2) is 4.21. The number of anilines is 1. The van der Waals surface area contributed by atoms with Crippen molar-refractivity contribution in [3.05, 3.63) is 40.3 Å². The van der Waals surface area contributed by atoms with Crippen LogP contribution >= 0.6 is 11.6 Å². The van der Waals surface area contributed by atoms with Crippen LogP contribution in [0.4, 0.5) is 10.2 Å². The number of fused-ring (bicyclic) bond motifs is 1. The van der Waals surface area contributed by atoms with Crippen molar-refractivity contribution in [1.29, 1.82) is 0 Å². The Morgan fingerprint density at radius 2 is 2.06 bits per heavy atom. The Labute approximate surface area is 109 Å². The molecule has 0 aliphatic heterocycles. The number of benzene rings is 1. The fourth-order valence-electron chi connectivity index (χ4n) is 2.23. The van der Waals surface area contributed by atoms with Crippen LogP contribution in [0.1, 0.15) is 17.7 Å². The molecule has 18 heavy (non-hydrogen) atoms. The van der Waals surface area contributed by atoms with Gasteiger partial charge in [-0.1, -0.05) is 11.6 Å². The van der Waals surface area contributed by atoms with Crippen molar-refractivity contribution >= 4 is 17.4 Å². The third-order valence-corrected chi connectivity index (χ3v) is 3.43. The molecule has 2 aromatic rings. The van der Waals surface area contributed by atoms with E-state index < -0.39 is 5.82 Å². The SMILES string of the molecule is Nc1nc(-c2ccc(F)c(Cl)c2)nc2c1CCC2. The second-order valence-electron chi connectivity index (χ2n) is 4.34. The zero-order chi connectivity index (χ0) is 12.7. The van der Waals surface area contributed by atoms with Crippen molar-refractivity contribution in [3.63, 3.8) is 0 Å². The molecule has 1 aliphatic rings. The van der Waals surface area contributed by atoms with Gasteiger partial charge in [0.05, 0.1) is 5.02 Å². The monoisotopic (exact) mass is 263 g/mol. The lowest BCUT2D eigenvalue weighted by molar-refractivity contribution is 0.628. The summed E-state index contributed by atoms with van der Waals surface area (Å²) in [6.45, 7) is 0. The standard InChI is InChI=1S/C13H11ClFN3/c14-9-6-7(4-5-10(9)15)13-17-11-3-1-2-8(11)12(16)18-13/h4-6H,1-3H2,(H2,16,17,18). The van der Waals surface area contributed by atoms with Crippen molar-refractivity contribution in [1.82, 2.24) is 9.97 Å². The number of nitrogen functional groups attached to an aromatic ring is 1. The summed E-state index contributed by atoms with van der Waals surface area (Å²) < 4.78 is 13.1. The van der Waals surface area contributed by atoms with Crippen LogP contribution in [0.15, 0.2) is 18.2 Å². The van der Waals surface area contributed by atoms with Gasteiger partial charge in [0.15, 0.2) is 5.82 Å². The average molecular weight is 264 g/mol. The first-order valence-corrected chi connectivity index (χ1v) is 6.13. The topological polar surface area (TPSA) is 51.8 Å². The highest BCUT2D eigenvalue weighted by atomic mass is 35.5. The summed E-state index contributed by atoms with van der Waals surface area (Å²) in [7, 11) is 0. The first-order valence-electron chi connectivity index (χ1n) is 5.76. The number of rotatable bonds is 1. The van der Waals surface area contributed by atoms with Gasteiger partial charge in [-0.15, -0.1) is 0 Å². The maximum Gasteiger partial charge on any atom is 0.161 e. The van der Waals surface area contributed by atoms with Crippen LogP contribution in [0.2, 0.25) is 5.02 Å². The number of nitrogens with two attached hydrogens (primary N) is 1. The normalized spacial score (nSPS) is 13.7. The maximum absolute atomic E-state index is 13.1. The maximum atomic E-state index is 13.1. The Bertz CT molecular complexity index is 628. The van der Waals surface area contributed by atoms with E-state index in [1.807, 2.05) is 0 Å². The number of hydrogen-bond donors (Lipinski definition) is 1. The van der Waals surface area contributed by atoms with Gasteiger partial charge in [0, 0.05) is 16.8 Å². The van der Waals surface area contributed by atoms with Crippen LogP contribution in [-0.4, -0.2) is 9.97 Å². The zero-order valence-corrected chi connectivity index (χ0v) is 10.3. The number of hydrogen-bond acceptors (Lipinski definition) is 3. The Kier molecular flexibility index (Phi) is 2.67. The van der Waals surface area contributed by atoms with E-state index in [0.717, 1.165) is 30.5 Å².